The number of fused-ring (bicyclic) bond motifs is 1. The van der Waals surface area contributed by atoms with E-state index in [1.807, 2.05) is 0 Å². The number of primary amides is 1. The minimum absolute atomic E-state index is 0.0620. The third-order valence-electron chi connectivity index (χ3n) is 5.90. The Labute approximate surface area is 236 Å². The Morgan fingerprint density at radius 3 is 2.36 bits per heavy atom. The van der Waals surface area contributed by atoms with Crippen molar-refractivity contribution in [2.45, 2.75) is 19.1 Å². The maximum Gasteiger partial charge on any atom is 0.433 e. The molecule has 8 nitrogen and oxygen atoms in total. The number of hydrogen-bond acceptors (Lipinski definition) is 6. The van der Waals surface area contributed by atoms with E-state index >= 15 is 0 Å². The summed E-state index contributed by atoms with van der Waals surface area (Å²) in [5.74, 6) is -1.92. The van der Waals surface area contributed by atoms with Gasteiger partial charge in [-0.3, -0.25) is 9.59 Å². The Bertz CT molecular complexity index is 1800. The summed E-state index contributed by atoms with van der Waals surface area (Å²) in [4.78, 5) is 28.7. The van der Waals surface area contributed by atoms with Crippen molar-refractivity contribution in [3.05, 3.63) is 94.8 Å². The molecule has 5 rings (SSSR count). The van der Waals surface area contributed by atoms with E-state index in [0.717, 1.165) is 22.9 Å². The number of nitrogens with one attached hydrogen (secondary N) is 1. The Kier molecular flexibility index (Phi) is 7.36. The van der Waals surface area contributed by atoms with E-state index in [1.165, 1.54) is 24.4 Å². The van der Waals surface area contributed by atoms with Gasteiger partial charge in [0, 0.05) is 11.6 Å². The second-order valence-electron chi connectivity index (χ2n) is 8.76. The van der Waals surface area contributed by atoms with Gasteiger partial charge in [0.1, 0.15) is 21.2 Å². The normalized spacial score (nSPS) is 12.0. The number of aromatic nitrogens is 3. The first-order valence-corrected chi connectivity index (χ1v) is 12.7. The van der Waals surface area contributed by atoms with Crippen LogP contribution in [0, 0.1) is 0 Å². The molecular weight excluding hydrogens is 588 g/mol. The summed E-state index contributed by atoms with van der Waals surface area (Å²) in [6.45, 7) is -0.342. The van der Waals surface area contributed by atoms with Crippen LogP contribution in [0.5, 0.6) is 5.75 Å². The highest BCUT2D eigenvalue weighted by atomic mass is 32.1. The summed E-state index contributed by atoms with van der Waals surface area (Å²) in [7, 11) is 0. The number of nitrogens with two attached hydrogens (primary N) is 1. The first-order chi connectivity index (χ1) is 19.8. The molecule has 0 fully saturated rings. The highest BCUT2D eigenvalue weighted by Gasteiger charge is 2.35. The second-order valence-corrected chi connectivity index (χ2v) is 9.76. The molecule has 2 aromatic carbocycles. The molecule has 0 bridgehead atoms. The predicted octanol–water partition coefficient (Wildman–Crippen LogP) is 6.59. The van der Waals surface area contributed by atoms with Crippen molar-refractivity contribution in [1.29, 1.82) is 0 Å². The second kappa shape index (κ2) is 10.8. The first kappa shape index (κ1) is 28.6. The molecule has 0 radical (unpaired) electrons. The molecule has 0 unspecified atom stereocenters. The number of benzene rings is 2. The van der Waals surface area contributed by atoms with Gasteiger partial charge in [0.15, 0.2) is 12.4 Å². The molecule has 216 valence electrons. The number of anilines is 1. The fourth-order valence-corrected chi connectivity index (χ4v) is 5.02. The van der Waals surface area contributed by atoms with Gasteiger partial charge < -0.3 is 15.8 Å². The van der Waals surface area contributed by atoms with Gasteiger partial charge in [0.25, 0.3) is 11.8 Å². The van der Waals surface area contributed by atoms with Gasteiger partial charge in [0.05, 0.1) is 11.3 Å². The summed E-state index contributed by atoms with van der Waals surface area (Å²) < 4.78 is 86.3. The van der Waals surface area contributed by atoms with Gasteiger partial charge in [-0.25, -0.2) is 9.67 Å². The number of ether oxygens (including phenoxy) is 1. The van der Waals surface area contributed by atoms with E-state index in [4.69, 9.17) is 10.5 Å². The van der Waals surface area contributed by atoms with Crippen molar-refractivity contribution in [1.82, 2.24) is 14.8 Å². The lowest BCUT2D eigenvalue weighted by Crippen LogP contribution is -2.18. The monoisotopic (exact) mass is 605 g/mol. The van der Waals surface area contributed by atoms with Gasteiger partial charge in [-0.05, 0) is 41.5 Å². The zero-order valence-electron chi connectivity index (χ0n) is 21.0. The van der Waals surface area contributed by atoms with Crippen LogP contribution in [0.1, 0.15) is 31.4 Å². The predicted molar refractivity (Wildman–Crippen MR) is 141 cm³/mol. The van der Waals surface area contributed by atoms with Gasteiger partial charge >= 0.3 is 12.4 Å². The van der Waals surface area contributed by atoms with Crippen molar-refractivity contribution >= 4 is 39.1 Å². The molecule has 5 aromatic rings. The Morgan fingerprint density at radius 1 is 0.952 bits per heavy atom. The average Bonchev–Trinajstić information content (AvgIpc) is 3.56. The van der Waals surface area contributed by atoms with Crippen LogP contribution in [0.3, 0.4) is 0 Å². The van der Waals surface area contributed by atoms with Crippen LogP contribution in [0.15, 0.2) is 72.9 Å². The number of halogens is 6. The smallest absolute Gasteiger partial charge is 0.433 e. The average molecular weight is 606 g/mol. The number of hydrogen-bond donors (Lipinski definition) is 2. The van der Waals surface area contributed by atoms with E-state index in [1.54, 1.807) is 30.3 Å². The van der Waals surface area contributed by atoms with Crippen LogP contribution in [0.2, 0.25) is 0 Å². The maximum atomic E-state index is 13.7. The zero-order chi connectivity index (χ0) is 30.2. The minimum Gasteiger partial charge on any atom is -0.471 e. The first-order valence-electron chi connectivity index (χ1n) is 11.9. The number of carbonyl (C=O) groups is 2. The molecule has 42 heavy (non-hydrogen) atoms. The molecule has 15 heteroatoms. The maximum absolute atomic E-state index is 13.7. The molecule has 0 atom stereocenters. The molecule has 2 amide bonds. The van der Waals surface area contributed by atoms with Crippen LogP contribution < -0.4 is 15.8 Å². The largest absolute Gasteiger partial charge is 0.471 e. The molecule has 3 aromatic heterocycles. The Morgan fingerprint density at radius 2 is 1.69 bits per heavy atom. The van der Waals surface area contributed by atoms with Gasteiger partial charge in [-0.1, -0.05) is 36.4 Å². The number of pyridine rings is 1. The summed E-state index contributed by atoms with van der Waals surface area (Å²) in [5, 5.41) is 6.63. The van der Waals surface area contributed by atoms with E-state index in [9.17, 15) is 35.9 Å². The SMILES string of the molecule is NC(=O)c1sc2nc(C(F)(F)F)cc(-c3ccccc3)c2c1NC(=O)c1ccn(COc2cccc(C(F)(F)F)c2)n1. The molecule has 3 heterocycles. The van der Waals surface area contributed by atoms with Gasteiger partial charge in [-0.15, -0.1) is 11.3 Å². The van der Waals surface area contributed by atoms with E-state index in [2.05, 4.69) is 15.4 Å². The van der Waals surface area contributed by atoms with Crippen molar-refractivity contribution in [2.24, 2.45) is 5.73 Å². The third kappa shape index (κ3) is 5.90. The lowest BCUT2D eigenvalue weighted by atomic mass is 10.0. The Balaban J connectivity index is 1.46. The summed E-state index contributed by atoms with van der Waals surface area (Å²) >= 11 is 0.596. The van der Waals surface area contributed by atoms with Crippen LogP contribution in [-0.2, 0) is 19.1 Å². The van der Waals surface area contributed by atoms with Crippen LogP contribution in [0.4, 0.5) is 32.0 Å². The number of amides is 2. The van der Waals surface area contributed by atoms with Gasteiger partial charge in [-0.2, -0.15) is 31.4 Å². The van der Waals surface area contributed by atoms with Crippen molar-refractivity contribution in [3.63, 3.8) is 0 Å². The standard InChI is InChI=1S/C27H17F6N5O3S/c28-26(29,30)15-7-4-8-16(11-15)41-13-38-10-9-18(37-38)24(40)36-21-20-17(14-5-2-1-3-6-14)12-19(27(31,32)33)35-25(20)42-22(21)23(34)39/h1-12H,13H2,(H2,34,39)(H,36,40). The van der Waals surface area contributed by atoms with E-state index in [0.29, 0.717) is 16.9 Å². The fourth-order valence-electron chi connectivity index (χ4n) is 4.02. The molecule has 0 aliphatic rings. The fraction of sp³-hybridized carbons (Fsp3) is 0.111. The number of rotatable bonds is 7. The number of alkyl halides is 6. The number of thiophene rings is 1. The molecule has 3 N–H and O–H groups in total. The Hall–Kier alpha value is -4.92. The number of carbonyl (C=O) groups excluding carboxylic acids is 2. The van der Waals surface area contributed by atoms with Crippen LogP contribution in [-0.4, -0.2) is 26.6 Å². The lowest BCUT2D eigenvalue weighted by molar-refractivity contribution is -0.141. The number of nitrogens with zero attached hydrogens (tertiary/aromatic N) is 3. The van der Waals surface area contributed by atoms with E-state index < -0.39 is 35.4 Å². The van der Waals surface area contributed by atoms with Crippen molar-refractivity contribution < 1.29 is 40.7 Å². The summed E-state index contributed by atoms with van der Waals surface area (Å²) in [6.07, 6.45) is -8.02. The minimum atomic E-state index is -4.79. The van der Waals surface area contributed by atoms with Crippen LogP contribution >= 0.6 is 11.3 Å². The molecule has 0 aliphatic carbocycles. The zero-order valence-corrected chi connectivity index (χ0v) is 21.8. The summed E-state index contributed by atoms with van der Waals surface area (Å²) in [5.41, 5.74) is 3.53. The van der Waals surface area contributed by atoms with Gasteiger partial charge in [0.2, 0.25) is 0 Å². The molecular formula is C27H17F6N5O3S. The highest BCUT2D eigenvalue weighted by molar-refractivity contribution is 7.21. The molecule has 0 spiro atoms. The quantitative estimate of drug-likeness (QED) is 0.204. The highest BCUT2D eigenvalue weighted by Crippen LogP contribution is 2.43. The van der Waals surface area contributed by atoms with E-state index in [-0.39, 0.29) is 44.5 Å². The molecule has 0 saturated carbocycles. The lowest BCUT2D eigenvalue weighted by Gasteiger charge is -2.12. The van der Waals surface area contributed by atoms with Crippen LogP contribution in [0.25, 0.3) is 21.3 Å². The third-order valence-corrected chi connectivity index (χ3v) is 7.00. The van der Waals surface area contributed by atoms with Crippen molar-refractivity contribution in [2.75, 3.05) is 5.32 Å². The molecule has 0 saturated heterocycles. The molecule has 0 aliphatic heterocycles. The van der Waals surface area contributed by atoms with Crippen molar-refractivity contribution in [3.8, 4) is 16.9 Å². The summed E-state index contributed by atoms with van der Waals surface area (Å²) in [6, 6.07) is 14.3. The topological polar surface area (TPSA) is 112 Å².